The predicted molar refractivity (Wildman–Crippen MR) is 77.7 cm³/mol. The van der Waals surface area contributed by atoms with Crippen LogP contribution in [0.25, 0.3) is 16.6 Å². The molecule has 3 rings (SSSR count). The van der Waals surface area contributed by atoms with Crippen LogP contribution in [0.15, 0.2) is 60.9 Å². The van der Waals surface area contributed by atoms with Crippen molar-refractivity contribution in [3.05, 3.63) is 71.8 Å². The van der Waals surface area contributed by atoms with E-state index in [4.69, 9.17) is 11.6 Å². The second kappa shape index (κ2) is 5.16. The molecule has 3 nitrogen and oxygen atoms in total. The summed E-state index contributed by atoms with van der Waals surface area (Å²) in [7, 11) is 0. The van der Waals surface area contributed by atoms with Crippen LogP contribution in [0, 0.1) is 0 Å². The lowest BCUT2D eigenvalue weighted by Crippen LogP contribution is -1.94. The zero-order valence-electron chi connectivity index (χ0n) is 9.99. The van der Waals surface area contributed by atoms with Crippen molar-refractivity contribution in [1.29, 1.82) is 0 Å². The van der Waals surface area contributed by atoms with Gasteiger partial charge in [-0.3, -0.25) is 0 Å². The molecule has 2 aromatic heterocycles. The molecule has 1 aliphatic rings. The van der Waals surface area contributed by atoms with E-state index >= 15 is 0 Å². The zero-order valence-corrected chi connectivity index (χ0v) is 10.7. The second-order valence-corrected chi connectivity index (χ2v) is 4.37. The minimum atomic E-state index is 0.446. The number of aromatic nitrogens is 3. The minimum absolute atomic E-state index is 0.446. The quantitative estimate of drug-likeness (QED) is 0.739. The zero-order chi connectivity index (χ0) is 13.1. The highest BCUT2D eigenvalue weighted by molar-refractivity contribution is 6.29. The van der Waals surface area contributed by atoms with Crippen molar-refractivity contribution in [3.8, 4) is 0 Å². The van der Waals surface area contributed by atoms with Crippen LogP contribution in [0.2, 0.25) is 5.15 Å². The Morgan fingerprint density at radius 3 is 2.63 bits per heavy atom. The fraction of sp³-hybridized carbons (Fsp3) is 0. The van der Waals surface area contributed by atoms with Gasteiger partial charge in [-0.15, -0.1) is 0 Å². The van der Waals surface area contributed by atoms with Gasteiger partial charge in [-0.1, -0.05) is 54.1 Å². The third kappa shape index (κ3) is 2.61. The van der Waals surface area contributed by atoms with Gasteiger partial charge in [-0.2, -0.15) is 0 Å². The molecule has 2 aromatic rings. The molecule has 0 fully saturated rings. The van der Waals surface area contributed by atoms with Crippen molar-refractivity contribution in [2.45, 2.75) is 0 Å². The summed E-state index contributed by atoms with van der Waals surface area (Å²) in [6.07, 6.45) is 15.5. The summed E-state index contributed by atoms with van der Waals surface area (Å²) < 4.78 is 0. The van der Waals surface area contributed by atoms with Gasteiger partial charge in [0.25, 0.3) is 0 Å². The first-order chi connectivity index (χ1) is 9.33. The molecule has 1 aliphatic carbocycles. The van der Waals surface area contributed by atoms with Gasteiger partial charge in [0, 0.05) is 5.57 Å². The van der Waals surface area contributed by atoms with Crippen LogP contribution in [0.3, 0.4) is 0 Å². The van der Waals surface area contributed by atoms with Crippen LogP contribution >= 0.6 is 11.6 Å². The summed E-state index contributed by atoms with van der Waals surface area (Å²) in [5.41, 5.74) is 2.44. The van der Waals surface area contributed by atoms with Crippen LogP contribution < -0.4 is 0 Å². The maximum absolute atomic E-state index is 5.84. The highest BCUT2D eigenvalue weighted by atomic mass is 35.5. The smallest absolute Gasteiger partial charge is 0.159 e. The summed E-state index contributed by atoms with van der Waals surface area (Å²) in [6.45, 7) is 0. The molecule has 19 heavy (non-hydrogen) atoms. The molecule has 0 amide bonds. The Morgan fingerprint density at radius 2 is 1.68 bits per heavy atom. The van der Waals surface area contributed by atoms with E-state index in [1.165, 1.54) is 0 Å². The third-order valence-corrected chi connectivity index (χ3v) is 2.87. The highest BCUT2D eigenvalue weighted by Crippen LogP contribution is 2.17. The van der Waals surface area contributed by atoms with Gasteiger partial charge in [-0.25, -0.2) is 15.0 Å². The fourth-order valence-electron chi connectivity index (χ4n) is 1.75. The maximum Gasteiger partial charge on any atom is 0.159 e. The van der Waals surface area contributed by atoms with E-state index in [0.29, 0.717) is 16.5 Å². The Morgan fingerprint density at radius 1 is 0.842 bits per heavy atom. The number of allylic oxidation sites excluding steroid dienone is 8. The number of rotatable bonds is 1. The van der Waals surface area contributed by atoms with Gasteiger partial charge in [0.1, 0.15) is 10.7 Å². The molecule has 0 saturated heterocycles. The molecular weight excluding hydrogens is 258 g/mol. The lowest BCUT2D eigenvalue weighted by molar-refractivity contribution is 1.15. The molecule has 0 bridgehead atoms. The molecule has 4 heteroatoms. The largest absolute Gasteiger partial charge is 0.234 e. The maximum atomic E-state index is 5.84. The van der Waals surface area contributed by atoms with Crippen LogP contribution in [-0.4, -0.2) is 15.0 Å². The van der Waals surface area contributed by atoms with Crippen LogP contribution in [0.1, 0.15) is 5.82 Å². The van der Waals surface area contributed by atoms with Gasteiger partial charge < -0.3 is 0 Å². The Labute approximate surface area is 115 Å². The van der Waals surface area contributed by atoms with Crippen molar-refractivity contribution in [1.82, 2.24) is 15.0 Å². The molecule has 0 atom stereocenters. The minimum Gasteiger partial charge on any atom is -0.234 e. The van der Waals surface area contributed by atoms with Crippen LogP contribution in [-0.2, 0) is 0 Å². The average Bonchev–Trinajstić information content (AvgIpc) is 2.38. The molecule has 0 unspecified atom stereocenters. The molecule has 0 saturated carbocycles. The molecule has 0 aromatic carbocycles. The van der Waals surface area contributed by atoms with E-state index in [2.05, 4.69) is 15.0 Å². The number of halogens is 1. The number of fused-ring (bicyclic) bond motifs is 1. The van der Waals surface area contributed by atoms with E-state index < -0.39 is 0 Å². The van der Waals surface area contributed by atoms with Crippen LogP contribution in [0.4, 0.5) is 0 Å². The van der Waals surface area contributed by atoms with Gasteiger partial charge in [0.05, 0.1) is 11.7 Å². The van der Waals surface area contributed by atoms with E-state index in [-0.39, 0.29) is 0 Å². The van der Waals surface area contributed by atoms with E-state index in [9.17, 15) is 0 Å². The van der Waals surface area contributed by atoms with Gasteiger partial charge in [0.2, 0.25) is 0 Å². The molecule has 2 heterocycles. The SMILES string of the molecule is Clc1ccc2nc(C3=C/C=C\C=C/C=C\3)ncc2n1. The van der Waals surface area contributed by atoms with Gasteiger partial charge in [-0.05, 0) is 12.1 Å². The first-order valence-corrected chi connectivity index (χ1v) is 6.22. The van der Waals surface area contributed by atoms with Gasteiger partial charge in [0.15, 0.2) is 5.82 Å². The number of hydrogen-bond donors (Lipinski definition) is 0. The topological polar surface area (TPSA) is 38.7 Å². The standard InChI is InChI=1S/C15H10ClN3/c16-14-9-8-12-13(18-14)10-17-15(19-12)11-6-4-2-1-3-5-7-11/h1-10H/b2-1-,3-1?,4-2?,5-3-,6-4-,7-5?,11-6?,11-7+. The monoisotopic (exact) mass is 267 g/mol. The number of pyridine rings is 1. The summed E-state index contributed by atoms with van der Waals surface area (Å²) in [4.78, 5) is 13.0. The van der Waals surface area contributed by atoms with Crippen molar-refractivity contribution < 1.29 is 0 Å². The summed E-state index contributed by atoms with van der Waals surface area (Å²) in [5, 5.41) is 0.446. The fourth-order valence-corrected chi connectivity index (χ4v) is 1.91. The van der Waals surface area contributed by atoms with Crippen LogP contribution in [0.5, 0.6) is 0 Å². The second-order valence-electron chi connectivity index (χ2n) is 3.98. The van der Waals surface area contributed by atoms with Gasteiger partial charge >= 0.3 is 0 Å². The number of hydrogen-bond acceptors (Lipinski definition) is 3. The first kappa shape index (κ1) is 11.8. The molecular formula is C15H10ClN3. The Kier molecular flexibility index (Phi) is 3.21. The molecule has 0 spiro atoms. The molecule has 0 N–H and O–H groups in total. The first-order valence-electron chi connectivity index (χ1n) is 5.84. The van der Waals surface area contributed by atoms with E-state index in [0.717, 1.165) is 11.1 Å². The summed E-state index contributed by atoms with van der Waals surface area (Å²) >= 11 is 5.84. The summed E-state index contributed by atoms with van der Waals surface area (Å²) in [5.74, 6) is 0.674. The molecule has 92 valence electrons. The molecule has 0 radical (unpaired) electrons. The Hall–Kier alpha value is -2.26. The lowest BCUT2D eigenvalue weighted by atomic mass is 10.1. The van der Waals surface area contributed by atoms with Crippen molar-refractivity contribution in [2.24, 2.45) is 0 Å². The average molecular weight is 268 g/mol. The third-order valence-electron chi connectivity index (χ3n) is 2.66. The van der Waals surface area contributed by atoms with E-state index in [1.54, 1.807) is 12.3 Å². The lowest BCUT2D eigenvalue weighted by Gasteiger charge is -2.03. The normalized spacial score (nSPS) is 22.1. The molecule has 0 aliphatic heterocycles. The number of nitrogens with zero attached hydrogens (tertiary/aromatic N) is 3. The van der Waals surface area contributed by atoms with Crippen molar-refractivity contribution in [3.63, 3.8) is 0 Å². The Balaban J connectivity index is 2.08. The highest BCUT2D eigenvalue weighted by Gasteiger charge is 2.04. The van der Waals surface area contributed by atoms with E-state index in [1.807, 2.05) is 48.6 Å². The predicted octanol–water partition coefficient (Wildman–Crippen LogP) is 3.74. The van der Waals surface area contributed by atoms with Crippen molar-refractivity contribution >= 4 is 28.2 Å². The Bertz CT molecular complexity index is 742. The summed E-state index contributed by atoms with van der Waals surface area (Å²) in [6, 6.07) is 3.57. The van der Waals surface area contributed by atoms with Crippen molar-refractivity contribution in [2.75, 3.05) is 0 Å².